The van der Waals surface area contributed by atoms with Crippen LogP contribution in [0.25, 0.3) is 0 Å². The van der Waals surface area contributed by atoms with Crippen molar-refractivity contribution in [2.45, 2.75) is 194 Å². The lowest BCUT2D eigenvalue weighted by atomic mass is 10.0. The van der Waals surface area contributed by atoms with E-state index < -0.39 is 0 Å². The summed E-state index contributed by atoms with van der Waals surface area (Å²) in [5.41, 5.74) is 2.77. The van der Waals surface area contributed by atoms with Crippen LogP contribution in [0.3, 0.4) is 0 Å². The van der Waals surface area contributed by atoms with E-state index in [4.69, 9.17) is 4.98 Å². The molecule has 0 aliphatic heterocycles. The highest BCUT2D eigenvalue weighted by Gasteiger charge is 2.09. The maximum absolute atomic E-state index is 5.16. The highest BCUT2D eigenvalue weighted by atomic mass is 15.1. The van der Waals surface area contributed by atoms with E-state index in [2.05, 4.69) is 54.9 Å². The number of aromatic nitrogens is 2. The first-order chi connectivity index (χ1) is 20.3. The largest absolute Gasteiger partial charge is 0.335 e. The SMILES string of the molecule is CCCCCCCCCCCCCCCc1nc(CCCc2ccccc2)cn1CCCCCCCCCCCC. The van der Waals surface area contributed by atoms with E-state index in [0.717, 1.165) is 25.8 Å². The molecule has 1 aromatic heterocycles. The van der Waals surface area contributed by atoms with E-state index in [-0.39, 0.29) is 0 Å². The van der Waals surface area contributed by atoms with Crippen LogP contribution in [-0.2, 0) is 25.8 Å². The van der Waals surface area contributed by atoms with Crippen LogP contribution in [0.2, 0.25) is 0 Å². The standard InChI is InChI=1S/C39H68N2/c1-3-5-7-9-11-13-15-16-17-18-20-22-27-34-39-40-38(33-29-32-37-30-25-24-26-31-37)36-41(39)35-28-23-21-19-14-12-10-8-6-4-2/h24-26,30-31,36H,3-23,27-29,32-35H2,1-2H3. The summed E-state index contributed by atoms with van der Waals surface area (Å²) in [5, 5.41) is 0. The van der Waals surface area contributed by atoms with Crippen LogP contribution in [0.1, 0.15) is 185 Å². The number of unbranched alkanes of at least 4 members (excludes halogenated alkanes) is 21. The molecule has 0 radical (unpaired) electrons. The lowest BCUT2D eigenvalue weighted by Crippen LogP contribution is -2.03. The van der Waals surface area contributed by atoms with Crippen LogP contribution in [0.5, 0.6) is 0 Å². The Hall–Kier alpha value is -1.57. The normalized spacial score (nSPS) is 11.5. The second kappa shape index (κ2) is 26.1. The van der Waals surface area contributed by atoms with Crippen LogP contribution in [-0.4, -0.2) is 9.55 Å². The van der Waals surface area contributed by atoms with Gasteiger partial charge >= 0.3 is 0 Å². The van der Waals surface area contributed by atoms with Crippen molar-refractivity contribution in [3.8, 4) is 0 Å². The second-order valence-electron chi connectivity index (χ2n) is 12.9. The van der Waals surface area contributed by atoms with E-state index in [1.807, 2.05) is 0 Å². The van der Waals surface area contributed by atoms with Gasteiger partial charge in [-0.2, -0.15) is 0 Å². The van der Waals surface area contributed by atoms with Crippen LogP contribution in [0.4, 0.5) is 0 Å². The van der Waals surface area contributed by atoms with E-state index in [0.29, 0.717) is 0 Å². The van der Waals surface area contributed by atoms with Gasteiger partial charge in [-0.05, 0) is 37.7 Å². The first-order valence-electron chi connectivity index (χ1n) is 18.4. The summed E-state index contributed by atoms with van der Waals surface area (Å²) in [4.78, 5) is 5.16. The fourth-order valence-corrected chi connectivity index (χ4v) is 6.22. The third kappa shape index (κ3) is 19.3. The molecule has 0 amide bonds. The van der Waals surface area contributed by atoms with Crippen molar-refractivity contribution in [2.75, 3.05) is 0 Å². The smallest absolute Gasteiger partial charge is 0.108 e. The Labute approximate surface area is 256 Å². The molecule has 2 heteroatoms. The molecule has 0 saturated heterocycles. The summed E-state index contributed by atoms with van der Waals surface area (Å²) in [5.74, 6) is 1.36. The minimum absolute atomic E-state index is 1.10. The Bertz CT molecular complexity index is 808. The minimum atomic E-state index is 1.10. The van der Waals surface area contributed by atoms with Gasteiger partial charge in [0.2, 0.25) is 0 Å². The predicted octanol–water partition coefficient (Wildman–Crippen LogP) is 12.6. The van der Waals surface area contributed by atoms with Gasteiger partial charge in [-0.3, -0.25) is 0 Å². The average Bonchev–Trinajstić information content (AvgIpc) is 3.38. The molecule has 234 valence electrons. The monoisotopic (exact) mass is 565 g/mol. The summed E-state index contributed by atoms with van der Waals surface area (Å²) in [6, 6.07) is 10.9. The zero-order valence-electron chi connectivity index (χ0n) is 27.7. The van der Waals surface area contributed by atoms with Crippen LogP contribution in [0.15, 0.2) is 36.5 Å². The molecule has 1 aromatic carbocycles. The molecular weight excluding hydrogens is 496 g/mol. The molecule has 0 aliphatic rings. The molecule has 0 spiro atoms. The van der Waals surface area contributed by atoms with Gasteiger partial charge < -0.3 is 4.57 Å². The Kier molecular flexibility index (Phi) is 22.7. The summed E-state index contributed by atoms with van der Waals surface area (Å²) in [7, 11) is 0. The van der Waals surface area contributed by atoms with Crippen molar-refractivity contribution in [3.63, 3.8) is 0 Å². The molecule has 0 fully saturated rings. The lowest BCUT2D eigenvalue weighted by molar-refractivity contribution is 0.519. The van der Waals surface area contributed by atoms with Crippen molar-refractivity contribution < 1.29 is 0 Å². The molecule has 41 heavy (non-hydrogen) atoms. The number of benzene rings is 1. The number of aryl methyl sites for hydroxylation is 4. The molecule has 0 atom stereocenters. The quantitative estimate of drug-likeness (QED) is 0.0898. The molecule has 0 N–H and O–H groups in total. The Morgan fingerprint density at radius 3 is 1.44 bits per heavy atom. The Balaban J connectivity index is 1.63. The number of nitrogens with zero attached hydrogens (tertiary/aromatic N) is 2. The second-order valence-corrected chi connectivity index (χ2v) is 12.9. The van der Waals surface area contributed by atoms with Gasteiger partial charge in [0.25, 0.3) is 0 Å². The number of imidazole rings is 1. The molecule has 2 nitrogen and oxygen atoms in total. The maximum atomic E-state index is 5.16. The van der Waals surface area contributed by atoms with Gasteiger partial charge in [0.05, 0.1) is 5.69 Å². The fourth-order valence-electron chi connectivity index (χ4n) is 6.22. The Morgan fingerprint density at radius 2 is 0.927 bits per heavy atom. The van der Waals surface area contributed by atoms with E-state index in [9.17, 15) is 0 Å². The number of hydrogen-bond donors (Lipinski definition) is 0. The third-order valence-corrected chi connectivity index (χ3v) is 8.91. The minimum Gasteiger partial charge on any atom is -0.335 e. The molecule has 2 rings (SSSR count). The molecule has 0 bridgehead atoms. The number of hydrogen-bond acceptors (Lipinski definition) is 1. The first kappa shape index (κ1) is 35.6. The van der Waals surface area contributed by atoms with E-state index in [1.54, 1.807) is 0 Å². The van der Waals surface area contributed by atoms with Crippen molar-refractivity contribution in [1.82, 2.24) is 9.55 Å². The van der Waals surface area contributed by atoms with Gasteiger partial charge in [-0.1, -0.05) is 179 Å². The van der Waals surface area contributed by atoms with E-state index >= 15 is 0 Å². The maximum Gasteiger partial charge on any atom is 0.108 e. The zero-order valence-corrected chi connectivity index (χ0v) is 27.7. The van der Waals surface area contributed by atoms with Crippen molar-refractivity contribution in [1.29, 1.82) is 0 Å². The summed E-state index contributed by atoms with van der Waals surface area (Å²) in [6.45, 7) is 5.77. The van der Waals surface area contributed by atoms with Crippen molar-refractivity contribution in [2.24, 2.45) is 0 Å². The van der Waals surface area contributed by atoms with Crippen LogP contribution >= 0.6 is 0 Å². The molecule has 0 unspecified atom stereocenters. The average molecular weight is 565 g/mol. The van der Waals surface area contributed by atoms with Crippen LogP contribution in [0, 0.1) is 0 Å². The predicted molar refractivity (Wildman–Crippen MR) is 182 cm³/mol. The molecular formula is C39H68N2. The van der Waals surface area contributed by atoms with Crippen molar-refractivity contribution >= 4 is 0 Å². The van der Waals surface area contributed by atoms with Crippen LogP contribution < -0.4 is 0 Å². The van der Waals surface area contributed by atoms with E-state index in [1.165, 1.54) is 171 Å². The van der Waals surface area contributed by atoms with Gasteiger partial charge in [0.1, 0.15) is 5.82 Å². The highest BCUT2D eigenvalue weighted by Crippen LogP contribution is 2.17. The van der Waals surface area contributed by atoms with Gasteiger partial charge in [-0.15, -0.1) is 0 Å². The fraction of sp³-hybridized carbons (Fsp3) is 0.769. The third-order valence-electron chi connectivity index (χ3n) is 8.91. The lowest BCUT2D eigenvalue weighted by Gasteiger charge is -2.08. The van der Waals surface area contributed by atoms with Crippen molar-refractivity contribution in [3.05, 3.63) is 53.6 Å². The molecule has 2 aromatic rings. The van der Waals surface area contributed by atoms with Gasteiger partial charge in [0, 0.05) is 19.2 Å². The summed E-state index contributed by atoms with van der Waals surface area (Å²) in [6.07, 6.45) is 39.5. The topological polar surface area (TPSA) is 17.8 Å². The summed E-state index contributed by atoms with van der Waals surface area (Å²) >= 11 is 0. The van der Waals surface area contributed by atoms with Gasteiger partial charge in [-0.25, -0.2) is 4.98 Å². The summed E-state index contributed by atoms with van der Waals surface area (Å²) < 4.78 is 2.53. The molecule has 0 aliphatic carbocycles. The Morgan fingerprint density at radius 1 is 0.463 bits per heavy atom. The highest BCUT2D eigenvalue weighted by molar-refractivity contribution is 5.15. The zero-order chi connectivity index (χ0) is 29.1. The first-order valence-corrected chi connectivity index (χ1v) is 18.4. The molecule has 0 saturated carbocycles. The number of rotatable bonds is 29. The molecule has 1 heterocycles. The van der Waals surface area contributed by atoms with Gasteiger partial charge in [0.15, 0.2) is 0 Å².